The molecule has 0 aliphatic carbocycles. The molecular weight excluding hydrogens is 450 g/mol. The maximum atomic E-state index is 6.64. The first-order chi connectivity index (χ1) is 18.3. The lowest BCUT2D eigenvalue weighted by molar-refractivity contribution is 0.666. The Hall–Kier alpha value is -4.82. The van der Waals surface area contributed by atoms with Gasteiger partial charge in [0, 0.05) is 21.5 Å². The summed E-state index contributed by atoms with van der Waals surface area (Å²) in [7, 11) is 0. The Balaban J connectivity index is 1.59. The predicted octanol–water partition coefficient (Wildman–Crippen LogP) is 9.81. The summed E-state index contributed by atoms with van der Waals surface area (Å²) in [4.78, 5) is 0. The molecule has 0 aliphatic rings. The zero-order chi connectivity index (χ0) is 24.5. The van der Waals surface area contributed by atoms with Crippen LogP contribution in [-0.4, -0.2) is 4.57 Å². The number of hydrogen-bond acceptors (Lipinski definition) is 1. The van der Waals surface area contributed by atoms with Gasteiger partial charge < -0.3 is 8.98 Å². The number of fused-ring (bicyclic) bond motifs is 7. The molecule has 0 radical (unpaired) electrons. The molecule has 0 saturated carbocycles. The van der Waals surface area contributed by atoms with E-state index in [0.29, 0.717) is 0 Å². The van der Waals surface area contributed by atoms with Gasteiger partial charge in [0.05, 0.1) is 16.7 Å². The fraction of sp³-hybridized carbons (Fsp3) is 0.0286. The van der Waals surface area contributed by atoms with Crippen LogP contribution in [0, 0.1) is 6.92 Å². The van der Waals surface area contributed by atoms with Crippen LogP contribution in [0.2, 0.25) is 0 Å². The normalized spacial score (nSPS) is 11.9. The average molecular weight is 474 g/mol. The van der Waals surface area contributed by atoms with Gasteiger partial charge in [-0.1, -0.05) is 84.9 Å². The number of nitrogens with zero attached hydrogens (tertiary/aromatic N) is 1. The highest BCUT2D eigenvalue weighted by Gasteiger charge is 2.20. The molecule has 0 bridgehead atoms. The summed E-state index contributed by atoms with van der Waals surface area (Å²) in [5.74, 6) is 0. The van der Waals surface area contributed by atoms with Crippen LogP contribution in [0.5, 0.6) is 0 Å². The van der Waals surface area contributed by atoms with E-state index in [1.54, 1.807) is 0 Å². The van der Waals surface area contributed by atoms with Gasteiger partial charge in [-0.3, -0.25) is 0 Å². The topological polar surface area (TPSA) is 18.1 Å². The van der Waals surface area contributed by atoms with E-state index in [-0.39, 0.29) is 0 Å². The van der Waals surface area contributed by atoms with Gasteiger partial charge in [-0.2, -0.15) is 0 Å². The summed E-state index contributed by atoms with van der Waals surface area (Å²) in [6.45, 7) is 2.17. The Bertz CT molecular complexity index is 2140. The molecule has 6 aromatic carbocycles. The number of aromatic nitrogens is 1. The van der Waals surface area contributed by atoms with Gasteiger partial charge in [0.1, 0.15) is 5.58 Å². The minimum atomic E-state index is 0.916. The number of furan rings is 1. The molecule has 37 heavy (non-hydrogen) atoms. The molecule has 0 unspecified atom stereocenters. The van der Waals surface area contributed by atoms with Gasteiger partial charge >= 0.3 is 0 Å². The summed E-state index contributed by atoms with van der Waals surface area (Å²) >= 11 is 0. The van der Waals surface area contributed by atoms with Crippen molar-refractivity contribution in [2.45, 2.75) is 6.92 Å². The molecule has 2 aromatic heterocycles. The van der Waals surface area contributed by atoms with Crippen molar-refractivity contribution >= 4 is 54.5 Å². The Labute approximate surface area is 214 Å². The quantitative estimate of drug-likeness (QED) is 0.244. The summed E-state index contributed by atoms with van der Waals surface area (Å²) < 4.78 is 9.04. The van der Waals surface area contributed by atoms with E-state index in [4.69, 9.17) is 4.42 Å². The molecule has 8 aromatic rings. The highest BCUT2D eigenvalue weighted by Crippen LogP contribution is 2.42. The molecule has 2 heterocycles. The van der Waals surface area contributed by atoms with Crippen molar-refractivity contribution in [2.24, 2.45) is 0 Å². The van der Waals surface area contributed by atoms with Crippen LogP contribution in [0.1, 0.15) is 5.56 Å². The third-order valence-corrected chi connectivity index (χ3v) is 7.67. The lowest BCUT2D eigenvalue weighted by Gasteiger charge is -2.12. The largest absolute Gasteiger partial charge is 0.454 e. The van der Waals surface area contributed by atoms with Crippen molar-refractivity contribution in [3.05, 3.63) is 127 Å². The van der Waals surface area contributed by atoms with Crippen LogP contribution in [-0.2, 0) is 0 Å². The van der Waals surface area contributed by atoms with E-state index >= 15 is 0 Å². The van der Waals surface area contributed by atoms with Gasteiger partial charge in [0.25, 0.3) is 0 Å². The standard InChI is InChI=1S/C35H23NO/c1-22-10-9-17-33-34(22)29-19-26(23-11-3-2-4-12-23)21-32(35(29)37-33)36-30-16-8-7-15-27(30)28-18-24-13-5-6-14-25(24)20-31(28)36/h2-21H,1H3. The van der Waals surface area contributed by atoms with Crippen LogP contribution in [0.25, 0.3) is 71.3 Å². The van der Waals surface area contributed by atoms with Gasteiger partial charge in [-0.15, -0.1) is 0 Å². The first-order valence-electron chi connectivity index (χ1n) is 12.7. The Morgan fingerprint density at radius 2 is 1.30 bits per heavy atom. The van der Waals surface area contributed by atoms with Crippen LogP contribution in [0.4, 0.5) is 0 Å². The highest BCUT2D eigenvalue weighted by atomic mass is 16.3. The van der Waals surface area contributed by atoms with Gasteiger partial charge in [-0.05, 0) is 70.8 Å². The fourth-order valence-corrected chi connectivity index (χ4v) is 5.97. The average Bonchev–Trinajstić information content (AvgIpc) is 3.48. The summed E-state index contributed by atoms with van der Waals surface area (Å²) in [5, 5.41) is 7.31. The van der Waals surface area contributed by atoms with Gasteiger partial charge in [-0.25, -0.2) is 0 Å². The highest BCUT2D eigenvalue weighted by molar-refractivity contribution is 6.16. The molecule has 0 saturated heterocycles. The molecule has 0 N–H and O–H groups in total. The summed E-state index contributed by atoms with van der Waals surface area (Å²) in [5.41, 5.74) is 8.86. The van der Waals surface area contributed by atoms with E-state index in [9.17, 15) is 0 Å². The lowest BCUT2D eigenvalue weighted by Crippen LogP contribution is -1.96. The number of para-hydroxylation sites is 1. The van der Waals surface area contributed by atoms with E-state index in [0.717, 1.165) is 22.2 Å². The van der Waals surface area contributed by atoms with E-state index in [1.165, 1.54) is 54.7 Å². The molecule has 2 heteroatoms. The Morgan fingerprint density at radius 1 is 0.541 bits per heavy atom. The second-order valence-electron chi connectivity index (χ2n) is 9.86. The van der Waals surface area contributed by atoms with Crippen molar-refractivity contribution in [2.75, 3.05) is 0 Å². The monoisotopic (exact) mass is 473 g/mol. The number of rotatable bonds is 2. The van der Waals surface area contributed by atoms with Crippen molar-refractivity contribution in [3.63, 3.8) is 0 Å². The third-order valence-electron chi connectivity index (χ3n) is 7.67. The smallest absolute Gasteiger partial charge is 0.159 e. The van der Waals surface area contributed by atoms with Crippen LogP contribution < -0.4 is 0 Å². The predicted molar refractivity (Wildman–Crippen MR) is 156 cm³/mol. The first-order valence-corrected chi connectivity index (χ1v) is 12.7. The maximum absolute atomic E-state index is 6.64. The zero-order valence-electron chi connectivity index (χ0n) is 20.4. The van der Waals surface area contributed by atoms with Gasteiger partial charge in [0.15, 0.2) is 5.58 Å². The van der Waals surface area contributed by atoms with Crippen LogP contribution >= 0.6 is 0 Å². The van der Waals surface area contributed by atoms with Crippen molar-refractivity contribution in [1.29, 1.82) is 0 Å². The van der Waals surface area contributed by atoms with Crippen LogP contribution in [0.3, 0.4) is 0 Å². The SMILES string of the molecule is Cc1cccc2oc3c(-n4c5ccccc5c5cc6ccccc6cc54)cc(-c4ccccc4)cc3c12. The molecule has 0 spiro atoms. The Kier molecular flexibility index (Phi) is 4.18. The van der Waals surface area contributed by atoms with Crippen LogP contribution in [0.15, 0.2) is 126 Å². The minimum absolute atomic E-state index is 0.916. The lowest BCUT2D eigenvalue weighted by atomic mass is 10.00. The maximum Gasteiger partial charge on any atom is 0.159 e. The molecule has 0 atom stereocenters. The zero-order valence-corrected chi connectivity index (χ0v) is 20.4. The van der Waals surface area contributed by atoms with Gasteiger partial charge in [0.2, 0.25) is 0 Å². The minimum Gasteiger partial charge on any atom is -0.454 e. The van der Waals surface area contributed by atoms with Crippen molar-refractivity contribution < 1.29 is 4.42 Å². The summed E-state index contributed by atoms with van der Waals surface area (Å²) in [6, 6.07) is 43.5. The van der Waals surface area contributed by atoms with E-state index in [1.807, 2.05) is 0 Å². The van der Waals surface area contributed by atoms with E-state index in [2.05, 4.69) is 133 Å². The van der Waals surface area contributed by atoms with E-state index < -0.39 is 0 Å². The molecule has 8 rings (SSSR count). The van der Waals surface area contributed by atoms with Crippen molar-refractivity contribution in [3.8, 4) is 16.8 Å². The Morgan fingerprint density at radius 3 is 2.16 bits per heavy atom. The first kappa shape index (κ1) is 20.4. The van der Waals surface area contributed by atoms with Crippen molar-refractivity contribution in [1.82, 2.24) is 4.57 Å². The number of aryl methyl sites for hydroxylation is 1. The molecule has 0 amide bonds. The fourth-order valence-electron chi connectivity index (χ4n) is 5.97. The molecular formula is C35H23NO. The summed E-state index contributed by atoms with van der Waals surface area (Å²) in [6.07, 6.45) is 0. The molecule has 2 nitrogen and oxygen atoms in total. The number of hydrogen-bond donors (Lipinski definition) is 0. The third kappa shape index (κ3) is 2.93. The number of benzene rings is 6. The second kappa shape index (κ2) is 7.59. The second-order valence-corrected chi connectivity index (χ2v) is 9.86. The molecule has 0 aliphatic heterocycles. The molecule has 0 fully saturated rings. The molecule has 174 valence electrons.